The lowest BCUT2D eigenvalue weighted by atomic mass is 10.1. The predicted molar refractivity (Wildman–Crippen MR) is 66.0 cm³/mol. The van der Waals surface area contributed by atoms with E-state index in [1.165, 1.54) is 30.5 Å². The van der Waals surface area contributed by atoms with E-state index in [2.05, 4.69) is 4.98 Å². The summed E-state index contributed by atoms with van der Waals surface area (Å²) in [5.74, 6) is 0. The van der Waals surface area contributed by atoms with Gasteiger partial charge in [0.1, 0.15) is 0 Å². The fourth-order valence-corrected chi connectivity index (χ4v) is 2.03. The zero-order valence-electron chi connectivity index (χ0n) is 9.92. The number of sulfonamides is 1. The minimum Gasteiger partial charge on any atom is -0.243 e. The lowest BCUT2D eigenvalue weighted by Crippen LogP contribution is -2.13. The molecule has 2 N–H and O–H groups in total. The van der Waals surface area contributed by atoms with Gasteiger partial charge in [-0.05, 0) is 29.8 Å². The highest BCUT2D eigenvalue weighted by molar-refractivity contribution is 7.89. The van der Waals surface area contributed by atoms with Crippen molar-refractivity contribution in [2.45, 2.75) is 11.2 Å². The highest BCUT2D eigenvalue weighted by atomic mass is 32.2. The maximum Gasteiger partial charge on any atom is 0.416 e. The molecule has 0 spiro atoms. The van der Waals surface area contributed by atoms with E-state index in [0.29, 0.717) is 11.1 Å². The molecule has 0 amide bonds. The summed E-state index contributed by atoms with van der Waals surface area (Å²) < 4.78 is 59.3. The van der Waals surface area contributed by atoms with Crippen LogP contribution in [0.25, 0.3) is 11.1 Å². The molecule has 2 rings (SSSR count). The van der Waals surface area contributed by atoms with Crippen molar-refractivity contribution >= 4 is 10.0 Å². The summed E-state index contributed by atoms with van der Waals surface area (Å²) in [6.45, 7) is 0. The molecule has 0 aliphatic heterocycles. The van der Waals surface area contributed by atoms with Crippen LogP contribution in [0.1, 0.15) is 5.56 Å². The Bertz CT molecular complexity index is 708. The third-order valence-corrected chi connectivity index (χ3v) is 3.40. The molecule has 1 aromatic heterocycles. The van der Waals surface area contributed by atoms with Crippen LogP contribution in [0.2, 0.25) is 0 Å². The summed E-state index contributed by atoms with van der Waals surface area (Å²) in [4.78, 5) is 3.66. The molecule has 0 saturated heterocycles. The smallest absolute Gasteiger partial charge is 0.243 e. The third kappa shape index (κ3) is 3.14. The summed E-state index contributed by atoms with van der Waals surface area (Å²) in [5.41, 5.74) is 0.230. The lowest BCUT2D eigenvalue weighted by Gasteiger charge is -2.07. The van der Waals surface area contributed by atoms with Crippen LogP contribution in [0.5, 0.6) is 0 Å². The van der Waals surface area contributed by atoms with Crippen molar-refractivity contribution in [1.82, 2.24) is 4.98 Å². The van der Waals surface area contributed by atoms with E-state index in [4.69, 9.17) is 5.14 Å². The number of rotatable bonds is 2. The first-order valence-corrected chi connectivity index (χ1v) is 6.89. The molecular weight excluding hydrogens is 293 g/mol. The van der Waals surface area contributed by atoms with Gasteiger partial charge in [-0.15, -0.1) is 0 Å². The van der Waals surface area contributed by atoms with Gasteiger partial charge in [0.25, 0.3) is 10.0 Å². The standard InChI is InChI=1S/C12H9F3N2O2S/c13-12(14,15)10-4-1-8(2-5-10)9-3-6-11(17-7-9)20(16,18)19/h1-7H,(H2,16,18,19). The van der Waals surface area contributed by atoms with Crippen LogP contribution in [0.3, 0.4) is 0 Å². The number of benzene rings is 1. The van der Waals surface area contributed by atoms with E-state index in [1.807, 2.05) is 0 Å². The second-order valence-electron chi connectivity index (χ2n) is 4.01. The highest BCUT2D eigenvalue weighted by Gasteiger charge is 2.29. The average molecular weight is 302 g/mol. The van der Waals surface area contributed by atoms with Gasteiger partial charge in [0, 0.05) is 11.8 Å². The van der Waals surface area contributed by atoms with Crippen LogP contribution in [0.15, 0.2) is 47.6 Å². The molecule has 0 saturated carbocycles. The van der Waals surface area contributed by atoms with Crippen molar-refractivity contribution in [3.05, 3.63) is 48.2 Å². The van der Waals surface area contributed by atoms with Crippen molar-refractivity contribution in [1.29, 1.82) is 0 Å². The Labute approximate surface area is 113 Å². The van der Waals surface area contributed by atoms with E-state index in [-0.39, 0.29) is 5.03 Å². The summed E-state index contributed by atoms with van der Waals surface area (Å²) in [6.07, 6.45) is -3.16. The van der Waals surface area contributed by atoms with E-state index < -0.39 is 21.8 Å². The first kappa shape index (κ1) is 14.5. The number of nitrogens with zero attached hydrogens (tertiary/aromatic N) is 1. The van der Waals surface area contributed by atoms with Crippen molar-refractivity contribution in [2.75, 3.05) is 0 Å². The van der Waals surface area contributed by atoms with Crippen molar-refractivity contribution in [2.24, 2.45) is 5.14 Å². The molecule has 8 heteroatoms. The maximum atomic E-state index is 12.4. The van der Waals surface area contributed by atoms with Gasteiger partial charge in [0.05, 0.1) is 5.56 Å². The van der Waals surface area contributed by atoms with Crippen LogP contribution in [-0.2, 0) is 16.2 Å². The Hall–Kier alpha value is -1.93. The summed E-state index contributed by atoms with van der Waals surface area (Å²) in [7, 11) is -3.89. The van der Waals surface area contributed by atoms with E-state index in [9.17, 15) is 21.6 Å². The first-order chi connectivity index (χ1) is 9.18. The van der Waals surface area contributed by atoms with Gasteiger partial charge in [-0.1, -0.05) is 12.1 Å². The molecule has 1 aromatic carbocycles. The molecule has 0 aliphatic rings. The van der Waals surface area contributed by atoms with Crippen molar-refractivity contribution in [3.63, 3.8) is 0 Å². The molecule has 20 heavy (non-hydrogen) atoms. The van der Waals surface area contributed by atoms with Gasteiger partial charge in [0.2, 0.25) is 0 Å². The van der Waals surface area contributed by atoms with E-state index >= 15 is 0 Å². The molecule has 0 aliphatic carbocycles. The Morgan fingerprint density at radius 1 is 0.950 bits per heavy atom. The Morgan fingerprint density at radius 2 is 1.50 bits per heavy atom. The van der Waals surface area contributed by atoms with Crippen LogP contribution in [0, 0.1) is 0 Å². The molecular formula is C12H9F3N2O2S. The second kappa shape index (κ2) is 4.88. The van der Waals surface area contributed by atoms with Crippen LogP contribution in [0.4, 0.5) is 13.2 Å². The molecule has 4 nitrogen and oxygen atoms in total. The molecule has 0 unspecified atom stereocenters. The van der Waals surface area contributed by atoms with Gasteiger partial charge in [-0.3, -0.25) is 0 Å². The van der Waals surface area contributed by atoms with Gasteiger partial charge in [-0.2, -0.15) is 13.2 Å². The van der Waals surface area contributed by atoms with Gasteiger partial charge in [0.15, 0.2) is 5.03 Å². The number of nitrogens with two attached hydrogens (primary N) is 1. The Kier molecular flexibility index (Phi) is 3.53. The largest absolute Gasteiger partial charge is 0.416 e. The number of aromatic nitrogens is 1. The lowest BCUT2D eigenvalue weighted by molar-refractivity contribution is -0.137. The minimum atomic E-state index is -4.39. The number of primary sulfonamides is 1. The topological polar surface area (TPSA) is 73.1 Å². The minimum absolute atomic E-state index is 0.298. The molecule has 0 bridgehead atoms. The quantitative estimate of drug-likeness (QED) is 0.926. The zero-order chi connectivity index (χ0) is 15.0. The number of hydrogen-bond donors (Lipinski definition) is 1. The molecule has 0 radical (unpaired) electrons. The highest BCUT2D eigenvalue weighted by Crippen LogP contribution is 2.30. The van der Waals surface area contributed by atoms with Crippen LogP contribution >= 0.6 is 0 Å². The molecule has 2 aromatic rings. The van der Waals surface area contributed by atoms with Crippen LogP contribution < -0.4 is 5.14 Å². The number of halogens is 3. The number of alkyl halides is 3. The fourth-order valence-electron chi connectivity index (χ4n) is 1.57. The van der Waals surface area contributed by atoms with Crippen LogP contribution in [-0.4, -0.2) is 13.4 Å². The summed E-state index contributed by atoms with van der Waals surface area (Å²) in [6, 6.07) is 7.09. The first-order valence-electron chi connectivity index (χ1n) is 5.34. The van der Waals surface area contributed by atoms with E-state index in [0.717, 1.165) is 12.1 Å². The maximum absolute atomic E-state index is 12.4. The zero-order valence-corrected chi connectivity index (χ0v) is 10.7. The summed E-state index contributed by atoms with van der Waals surface area (Å²) in [5, 5.41) is 4.60. The fraction of sp³-hybridized carbons (Fsp3) is 0.0833. The number of hydrogen-bond acceptors (Lipinski definition) is 3. The SMILES string of the molecule is NS(=O)(=O)c1ccc(-c2ccc(C(F)(F)F)cc2)cn1. The molecule has 0 fully saturated rings. The van der Waals surface area contributed by atoms with Gasteiger partial charge in [-0.25, -0.2) is 18.5 Å². The second-order valence-corrected chi connectivity index (χ2v) is 5.51. The molecule has 0 atom stereocenters. The van der Waals surface area contributed by atoms with Gasteiger partial charge >= 0.3 is 6.18 Å². The normalized spacial score (nSPS) is 12.4. The van der Waals surface area contributed by atoms with Gasteiger partial charge < -0.3 is 0 Å². The van der Waals surface area contributed by atoms with E-state index in [1.54, 1.807) is 0 Å². The Balaban J connectivity index is 2.33. The molecule has 1 heterocycles. The summed E-state index contributed by atoms with van der Waals surface area (Å²) >= 11 is 0. The number of pyridine rings is 1. The average Bonchev–Trinajstić information content (AvgIpc) is 2.37. The van der Waals surface area contributed by atoms with Crippen molar-refractivity contribution < 1.29 is 21.6 Å². The van der Waals surface area contributed by atoms with Crippen molar-refractivity contribution in [3.8, 4) is 11.1 Å². The molecule has 106 valence electrons. The predicted octanol–water partition coefficient (Wildman–Crippen LogP) is 2.41. The third-order valence-electron chi connectivity index (χ3n) is 2.57. The Morgan fingerprint density at radius 3 is 1.90 bits per heavy atom. The monoisotopic (exact) mass is 302 g/mol.